The van der Waals surface area contributed by atoms with Crippen molar-refractivity contribution in [2.45, 2.75) is 291 Å². The Morgan fingerprint density at radius 2 is 0.590 bits per heavy atom. The van der Waals surface area contributed by atoms with Crippen molar-refractivity contribution in [3.63, 3.8) is 0 Å². The summed E-state index contributed by atoms with van der Waals surface area (Å²) in [6.07, 6.45) is 49.6. The van der Waals surface area contributed by atoms with Gasteiger partial charge >= 0.3 is 11.9 Å². The zero-order valence-corrected chi connectivity index (χ0v) is 41.9. The van der Waals surface area contributed by atoms with Crippen LogP contribution in [0.1, 0.15) is 291 Å². The largest absolute Gasteiger partial charge is 0.465 e. The molecule has 0 aliphatic carbocycles. The van der Waals surface area contributed by atoms with Crippen molar-refractivity contribution in [3.8, 4) is 0 Å². The van der Waals surface area contributed by atoms with E-state index >= 15 is 0 Å². The average molecular weight is 864 g/mol. The number of rotatable bonds is 51. The van der Waals surface area contributed by atoms with Gasteiger partial charge < -0.3 is 19.5 Å². The molecule has 0 aromatic carbocycles. The van der Waals surface area contributed by atoms with Crippen LogP contribution in [0.2, 0.25) is 0 Å². The lowest BCUT2D eigenvalue weighted by atomic mass is 9.94. The van der Waals surface area contributed by atoms with E-state index in [4.69, 9.17) is 9.47 Å². The van der Waals surface area contributed by atoms with E-state index in [1.54, 1.807) is 0 Å². The average Bonchev–Trinajstić information content (AvgIpc) is 3.26. The minimum Gasteiger partial charge on any atom is -0.465 e. The van der Waals surface area contributed by atoms with E-state index in [1.807, 2.05) is 0 Å². The first-order chi connectivity index (χ1) is 30.0. The minimum absolute atomic E-state index is 0.0742. The molecule has 0 saturated heterocycles. The topological polar surface area (TPSA) is 76.1 Å². The molecular weight excluding hydrogens is 755 g/mol. The molecule has 0 aromatic heterocycles. The van der Waals surface area contributed by atoms with Crippen LogP contribution >= 0.6 is 0 Å². The lowest BCUT2D eigenvalue weighted by molar-refractivity contribution is -0.150. The quantitative estimate of drug-likeness (QED) is 0.0485. The number of nitrogens with zero attached hydrogens (tertiary/aromatic N) is 1. The number of carbonyl (C=O) groups excluding carboxylic acids is 2. The van der Waals surface area contributed by atoms with Crippen molar-refractivity contribution >= 4 is 11.9 Å². The maximum absolute atomic E-state index is 13.0. The molecular formula is C55H109NO5. The van der Waals surface area contributed by atoms with Gasteiger partial charge in [-0.1, -0.05) is 227 Å². The van der Waals surface area contributed by atoms with E-state index in [0.717, 1.165) is 83.6 Å². The first-order valence-electron chi connectivity index (χ1n) is 27.7. The zero-order valence-electron chi connectivity index (χ0n) is 41.9. The highest BCUT2D eigenvalue weighted by molar-refractivity contribution is 5.72. The summed E-state index contributed by atoms with van der Waals surface area (Å²) >= 11 is 0. The molecule has 0 heterocycles. The maximum Gasteiger partial charge on any atom is 0.308 e. The summed E-state index contributed by atoms with van der Waals surface area (Å²) < 4.78 is 11.6. The smallest absolute Gasteiger partial charge is 0.308 e. The molecule has 0 radical (unpaired) electrons. The Morgan fingerprint density at radius 3 is 0.902 bits per heavy atom. The lowest BCUT2D eigenvalue weighted by Gasteiger charge is -2.22. The third-order valence-electron chi connectivity index (χ3n) is 13.1. The number of esters is 2. The van der Waals surface area contributed by atoms with Crippen LogP contribution in [0.5, 0.6) is 0 Å². The minimum atomic E-state index is 0.0742. The third-order valence-corrected chi connectivity index (χ3v) is 13.1. The number of aliphatic hydroxyl groups excluding tert-OH is 1. The van der Waals surface area contributed by atoms with E-state index < -0.39 is 0 Å². The van der Waals surface area contributed by atoms with Crippen molar-refractivity contribution in [1.29, 1.82) is 0 Å². The molecule has 0 spiro atoms. The normalized spacial score (nSPS) is 12.6. The summed E-state index contributed by atoms with van der Waals surface area (Å²) in [6, 6.07) is 0. The van der Waals surface area contributed by atoms with Gasteiger partial charge in [0, 0.05) is 6.61 Å². The monoisotopic (exact) mass is 864 g/mol. The third kappa shape index (κ3) is 42.6. The van der Waals surface area contributed by atoms with Gasteiger partial charge in [0.1, 0.15) is 0 Å². The Bertz CT molecular complexity index is 882. The number of carbonyl (C=O) groups is 2. The molecule has 1 N–H and O–H groups in total. The molecule has 0 fully saturated rings. The van der Waals surface area contributed by atoms with Crippen LogP contribution in [0.15, 0.2) is 0 Å². The van der Waals surface area contributed by atoms with Crippen molar-refractivity contribution in [2.75, 3.05) is 39.5 Å². The molecule has 0 aliphatic heterocycles. The molecule has 61 heavy (non-hydrogen) atoms. The van der Waals surface area contributed by atoms with Gasteiger partial charge in [-0.25, -0.2) is 0 Å². The first-order valence-corrected chi connectivity index (χ1v) is 27.7. The molecule has 0 aliphatic rings. The predicted molar refractivity (Wildman–Crippen MR) is 264 cm³/mol. The van der Waals surface area contributed by atoms with Crippen molar-refractivity contribution in [3.05, 3.63) is 0 Å². The van der Waals surface area contributed by atoms with Gasteiger partial charge in [-0.2, -0.15) is 0 Å². The molecule has 364 valence electrons. The van der Waals surface area contributed by atoms with E-state index in [1.165, 1.54) is 199 Å². The summed E-state index contributed by atoms with van der Waals surface area (Å²) in [5.41, 5.74) is 0. The van der Waals surface area contributed by atoms with Gasteiger partial charge in [-0.15, -0.1) is 0 Å². The molecule has 6 nitrogen and oxygen atoms in total. The van der Waals surface area contributed by atoms with Crippen molar-refractivity contribution < 1.29 is 24.2 Å². The molecule has 2 unspecified atom stereocenters. The van der Waals surface area contributed by atoms with Gasteiger partial charge in [0.2, 0.25) is 0 Å². The van der Waals surface area contributed by atoms with Crippen LogP contribution in [-0.4, -0.2) is 61.4 Å². The molecule has 0 bridgehead atoms. The fraction of sp³-hybridized carbons (Fsp3) is 0.964. The molecule has 0 saturated carbocycles. The molecule has 0 rings (SSSR count). The van der Waals surface area contributed by atoms with E-state index in [2.05, 4.69) is 32.6 Å². The predicted octanol–water partition coefficient (Wildman–Crippen LogP) is 16.7. The summed E-state index contributed by atoms with van der Waals surface area (Å²) in [5.74, 6) is 0.371. The summed E-state index contributed by atoms with van der Waals surface area (Å²) in [4.78, 5) is 28.6. The van der Waals surface area contributed by atoms with Gasteiger partial charge in [0.05, 0.1) is 25.0 Å². The highest BCUT2D eigenvalue weighted by Crippen LogP contribution is 2.23. The molecule has 0 amide bonds. The van der Waals surface area contributed by atoms with E-state index in [-0.39, 0.29) is 23.8 Å². The van der Waals surface area contributed by atoms with Gasteiger partial charge in [0.15, 0.2) is 0 Å². The Balaban J connectivity index is 4.14. The van der Waals surface area contributed by atoms with Crippen LogP contribution < -0.4 is 0 Å². The van der Waals surface area contributed by atoms with Gasteiger partial charge in [-0.3, -0.25) is 9.59 Å². The summed E-state index contributed by atoms with van der Waals surface area (Å²) in [6.45, 7) is 14.0. The zero-order chi connectivity index (χ0) is 44.5. The van der Waals surface area contributed by atoms with Crippen LogP contribution in [0, 0.1) is 11.8 Å². The van der Waals surface area contributed by atoms with Gasteiger partial charge in [0.25, 0.3) is 0 Å². The second kappa shape index (κ2) is 49.9. The highest BCUT2D eigenvalue weighted by atomic mass is 16.5. The highest BCUT2D eigenvalue weighted by Gasteiger charge is 2.20. The molecule has 6 heteroatoms. The van der Waals surface area contributed by atoms with E-state index in [0.29, 0.717) is 19.8 Å². The standard InChI is InChI=1S/C55H109NO5/c1-5-9-13-17-21-27-35-45-53(43-33-16-12-8-4)55(59)61-51-41-31-25-20-23-29-37-47-56(48-38-39-49-57)46-36-28-22-19-24-30-40-50-60-54(58)52(42-32-15-11-7-3)44-34-26-18-14-10-6-2/h52-53,57H,5-51H2,1-4H3. The van der Waals surface area contributed by atoms with Crippen LogP contribution in [-0.2, 0) is 19.1 Å². The number of ether oxygens (including phenoxy) is 2. The van der Waals surface area contributed by atoms with Crippen LogP contribution in [0.3, 0.4) is 0 Å². The Labute approximate surface area is 382 Å². The van der Waals surface area contributed by atoms with Crippen LogP contribution in [0.25, 0.3) is 0 Å². The SMILES string of the molecule is CCCCCCCCCC(CCCCCC)C(=O)OCCCCCCCCCN(CCCCO)CCCCCCCCCOC(=O)C(CCCCCC)CCCCCCCC. The first kappa shape index (κ1) is 59.9. The Morgan fingerprint density at radius 1 is 0.344 bits per heavy atom. The second-order valence-corrected chi connectivity index (χ2v) is 19.1. The number of unbranched alkanes of at least 4 members (excludes halogenated alkanes) is 30. The van der Waals surface area contributed by atoms with Crippen molar-refractivity contribution in [2.24, 2.45) is 11.8 Å². The maximum atomic E-state index is 13.0. The number of aliphatic hydroxyl groups is 1. The van der Waals surface area contributed by atoms with Crippen molar-refractivity contribution in [1.82, 2.24) is 4.90 Å². The molecule has 0 aromatic rings. The Hall–Kier alpha value is -1.14. The fourth-order valence-electron chi connectivity index (χ4n) is 8.92. The second-order valence-electron chi connectivity index (χ2n) is 19.1. The Kier molecular flexibility index (Phi) is 48.9. The molecule has 2 atom stereocenters. The number of hydrogen-bond donors (Lipinski definition) is 1. The summed E-state index contributed by atoms with van der Waals surface area (Å²) in [7, 11) is 0. The van der Waals surface area contributed by atoms with Gasteiger partial charge in [-0.05, 0) is 83.8 Å². The van der Waals surface area contributed by atoms with E-state index in [9.17, 15) is 14.7 Å². The lowest BCUT2D eigenvalue weighted by Crippen LogP contribution is -2.27. The number of hydrogen-bond acceptors (Lipinski definition) is 6. The summed E-state index contributed by atoms with van der Waals surface area (Å²) in [5, 5.41) is 9.34. The fourth-order valence-corrected chi connectivity index (χ4v) is 8.92. The van der Waals surface area contributed by atoms with Crippen LogP contribution in [0.4, 0.5) is 0 Å².